The fourth-order valence-electron chi connectivity index (χ4n) is 2.35. The van der Waals surface area contributed by atoms with E-state index in [0.29, 0.717) is 16.5 Å². The third-order valence-corrected chi connectivity index (χ3v) is 4.45. The molecule has 5 nitrogen and oxygen atoms in total. The van der Waals surface area contributed by atoms with Crippen LogP contribution in [0.2, 0.25) is 0 Å². The molecule has 0 aliphatic carbocycles. The molecule has 0 aliphatic heterocycles. The molecule has 0 fully saturated rings. The number of benzene rings is 2. The zero-order valence-corrected chi connectivity index (χ0v) is 14.4. The number of aromatic nitrogens is 3. The van der Waals surface area contributed by atoms with E-state index in [4.69, 9.17) is 0 Å². The Hall–Kier alpha value is -2.67. The van der Waals surface area contributed by atoms with Gasteiger partial charge in [0.1, 0.15) is 5.82 Å². The van der Waals surface area contributed by atoms with Crippen LogP contribution in [0.5, 0.6) is 0 Å². The van der Waals surface area contributed by atoms with Crippen LogP contribution in [0.25, 0.3) is 11.4 Å². The van der Waals surface area contributed by atoms with E-state index in [-0.39, 0.29) is 17.5 Å². The summed E-state index contributed by atoms with van der Waals surface area (Å²) in [6.45, 7) is 2.04. The summed E-state index contributed by atoms with van der Waals surface area (Å²) in [5.74, 6) is 0.0108. The number of carbonyl (C=O) groups is 1. The number of nitrogens with one attached hydrogen (secondary N) is 2. The van der Waals surface area contributed by atoms with Crippen LogP contribution in [0.3, 0.4) is 0 Å². The summed E-state index contributed by atoms with van der Waals surface area (Å²) in [5, 5.41) is 10.0. The monoisotopic (exact) mass is 356 g/mol. The molecule has 1 heterocycles. The number of nitrogens with zero attached hydrogens (tertiary/aromatic N) is 2. The molecule has 0 radical (unpaired) electrons. The Kier molecular flexibility index (Phi) is 5.45. The van der Waals surface area contributed by atoms with E-state index in [0.717, 1.165) is 17.7 Å². The van der Waals surface area contributed by atoms with Gasteiger partial charge in [0, 0.05) is 5.69 Å². The van der Waals surface area contributed by atoms with Crippen LogP contribution in [0, 0.1) is 5.82 Å². The van der Waals surface area contributed by atoms with Crippen LogP contribution in [-0.2, 0) is 11.2 Å². The fraction of sp³-hybridized carbons (Fsp3) is 0.167. The van der Waals surface area contributed by atoms with Crippen molar-refractivity contribution in [2.45, 2.75) is 18.5 Å². The quantitative estimate of drug-likeness (QED) is 0.657. The maximum Gasteiger partial charge on any atom is 0.234 e. The Bertz CT molecular complexity index is 881. The second kappa shape index (κ2) is 7.94. The maximum absolute atomic E-state index is 13.8. The molecule has 0 atom stereocenters. The van der Waals surface area contributed by atoms with Crippen molar-refractivity contribution in [1.29, 1.82) is 0 Å². The van der Waals surface area contributed by atoms with E-state index >= 15 is 0 Å². The van der Waals surface area contributed by atoms with Crippen LogP contribution >= 0.6 is 11.8 Å². The maximum atomic E-state index is 13.8. The average Bonchev–Trinajstić information content (AvgIpc) is 3.09. The Morgan fingerprint density at radius 2 is 1.96 bits per heavy atom. The van der Waals surface area contributed by atoms with Gasteiger partial charge in [-0.3, -0.25) is 9.89 Å². The van der Waals surface area contributed by atoms with Gasteiger partial charge in [-0.25, -0.2) is 9.37 Å². The van der Waals surface area contributed by atoms with Crippen molar-refractivity contribution in [1.82, 2.24) is 15.2 Å². The number of carbonyl (C=O) groups excluding carboxylic acids is 1. The molecule has 0 unspecified atom stereocenters. The summed E-state index contributed by atoms with van der Waals surface area (Å²) in [4.78, 5) is 16.4. The molecule has 2 N–H and O–H groups in total. The van der Waals surface area contributed by atoms with Crippen LogP contribution in [-0.4, -0.2) is 26.8 Å². The summed E-state index contributed by atoms with van der Waals surface area (Å²) in [5.41, 5.74) is 2.25. The Morgan fingerprint density at radius 1 is 1.20 bits per heavy atom. The number of aryl methyl sites for hydroxylation is 1. The third kappa shape index (κ3) is 4.24. The molecule has 0 spiro atoms. The van der Waals surface area contributed by atoms with Gasteiger partial charge in [-0.15, -0.1) is 5.10 Å². The topological polar surface area (TPSA) is 70.7 Å². The van der Waals surface area contributed by atoms with Crippen molar-refractivity contribution < 1.29 is 9.18 Å². The lowest BCUT2D eigenvalue weighted by Gasteiger charge is -2.08. The summed E-state index contributed by atoms with van der Waals surface area (Å²) in [6.07, 6.45) is 0.844. The minimum absolute atomic E-state index is 0.136. The van der Waals surface area contributed by atoms with Gasteiger partial charge < -0.3 is 5.32 Å². The van der Waals surface area contributed by atoms with E-state index in [1.807, 2.05) is 31.2 Å². The first-order chi connectivity index (χ1) is 12.2. The molecule has 128 valence electrons. The average molecular weight is 356 g/mol. The van der Waals surface area contributed by atoms with Crippen LogP contribution in [0.1, 0.15) is 12.5 Å². The highest BCUT2D eigenvalue weighted by Crippen LogP contribution is 2.22. The zero-order valence-electron chi connectivity index (χ0n) is 13.6. The van der Waals surface area contributed by atoms with Crippen molar-refractivity contribution in [3.05, 3.63) is 59.9 Å². The number of amides is 1. The van der Waals surface area contributed by atoms with Crippen LogP contribution < -0.4 is 5.32 Å². The molecule has 0 bridgehead atoms. The van der Waals surface area contributed by atoms with Gasteiger partial charge in [0.25, 0.3) is 0 Å². The molecular weight excluding hydrogens is 339 g/mol. The lowest BCUT2D eigenvalue weighted by molar-refractivity contribution is -0.113. The van der Waals surface area contributed by atoms with Crippen LogP contribution in [0.15, 0.2) is 53.7 Å². The molecule has 1 amide bonds. The van der Waals surface area contributed by atoms with Gasteiger partial charge in [-0.1, -0.05) is 49.0 Å². The summed E-state index contributed by atoms with van der Waals surface area (Å²) in [7, 11) is 0. The summed E-state index contributed by atoms with van der Waals surface area (Å²) in [6, 6.07) is 14.0. The zero-order chi connectivity index (χ0) is 17.6. The van der Waals surface area contributed by atoms with E-state index in [1.165, 1.54) is 17.8 Å². The number of anilines is 1. The van der Waals surface area contributed by atoms with E-state index < -0.39 is 0 Å². The second-order valence-electron chi connectivity index (χ2n) is 5.29. The van der Waals surface area contributed by atoms with Crippen LogP contribution in [0.4, 0.5) is 10.1 Å². The van der Waals surface area contributed by atoms with Gasteiger partial charge in [0.2, 0.25) is 11.1 Å². The number of H-pyrrole nitrogens is 1. The van der Waals surface area contributed by atoms with Gasteiger partial charge in [0.05, 0.1) is 11.3 Å². The predicted octanol–water partition coefficient (Wildman–Crippen LogP) is 3.90. The molecule has 3 aromatic rings. The molecular formula is C18H17FN4OS. The molecule has 2 aromatic carbocycles. The third-order valence-electron chi connectivity index (χ3n) is 3.60. The first-order valence-electron chi connectivity index (χ1n) is 7.85. The minimum atomic E-state index is -0.371. The summed E-state index contributed by atoms with van der Waals surface area (Å²) < 4.78 is 13.8. The smallest absolute Gasteiger partial charge is 0.234 e. The van der Waals surface area contributed by atoms with Gasteiger partial charge in [0.15, 0.2) is 5.82 Å². The highest BCUT2D eigenvalue weighted by molar-refractivity contribution is 7.99. The van der Waals surface area contributed by atoms with Gasteiger partial charge >= 0.3 is 0 Å². The van der Waals surface area contributed by atoms with Crippen molar-refractivity contribution in [3.8, 4) is 11.4 Å². The molecule has 7 heteroatoms. The largest absolute Gasteiger partial charge is 0.325 e. The number of hydrogen-bond acceptors (Lipinski definition) is 4. The number of hydrogen-bond donors (Lipinski definition) is 2. The molecule has 0 aliphatic rings. The first kappa shape index (κ1) is 17.2. The van der Waals surface area contributed by atoms with E-state index in [1.54, 1.807) is 18.2 Å². The van der Waals surface area contributed by atoms with Crippen molar-refractivity contribution in [2.75, 3.05) is 11.1 Å². The second-order valence-corrected chi connectivity index (χ2v) is 6.24. The Morgan fingerprint density at radius 3 is 2.76 bits per heavy atom. The SMILES string of the molecule is CCc1ccccc1NC(=O)CSc1n[nH]c(-c2ccccc2F)n1. The van der Waals surface area contributed by atoms with Crippen molar-refractivity contribution in [3.63, 3.8) is 0 Å². The van der Waals surface area contributed by atoms with Gasteiger partial charge in [-0.2, -0.15) is 0 Å². The van der Waals surface area contributed by atoms with E-state index in [2.05, 4.69) is 20.5 Å². The van der Waals surface area contributed by atoms with Crippen molar-refractivity contribution >= 4 is 23.4 Å². The number of aromatic amines is 1. The standard InChI is InChI=1S/C18H17FN4OS/c1-2-12-7-3-6-10-15(12)20-16(24)11-25-18-21-17(22-23-18)13-8-4-5-9-14(13)19/h3-10H,2,11H2,1H3,(H,20,24)(H,21,22,23). The molecule has 25 heavy (non-hydrogen) atoms. The molecule has 0 saturated heterocycles. The number of thioether (sulfide) groups is 1. The fourth-order valence-corrected chi connectivity index (χ4v) is 2.95. The molecule has 3 rings (SSSR count). The highest BCUT2D eigenvalue weighted by Gasteiger charge is 2.12. The number of para-hydroxylation sites is 1. The lowest BCUT2D eigenvalue weighted by Crippen LogP contribution is -2.15. The lowest BCUT2D eigenvalue weighted by atomic mass is 10.1. The normalized spacial score (nSPS) is 10.6. The number of halogens is 1. The predicted molar refractivity (Wildman–Crippen MR) is 97.0 cm³/mol. The molecule has 1 aromatic heterocycles. The van der Waals surface area contributed by atoms with E-state index in [9.17, 15) is 9.18 Å². The highest BCUT2D eigenvalue weighted by atomic mass is 32.2. The van der Waals surface area contributed by atoms with Gasteiger partial charge in [-0.05, 0) is 30.2 Å². The Balaban J connectivity index is 1.61. The first-order valence-corrected chi connectivity index (χ1v) is 8.83. The molecule has 0 saturated carbocycles. The number of rotatable bonds is 6. The van der Waals surface area contributed by atoms with Crippen molar-refractivity contribution in [2.24, 2.45) is 0 Å². The summed E-state index contributed by atoms with van der Waals surface area (Å²) >= 11 is 1.19. The minimum Gasteiger partial charge on any atom is -0.325 e. The Labute approximate surface area is 149 Å².